The van der Waals surface area contributed by atoms with Crippen LogP contribution in [0.3, 0.4) is 0 Å². The highest BCUT2D eigenvalue weighted by Gasteiger charge is 2.19. The summed E-state index contributed by atoms with van der Waals surface area (Å²) in [5, 5.41) is 2.78. The van der Waals surface area contributed by atoms with Gasteiger partial charge in [0.1, 0.15) is 11.4 Å². The normalized spacial score (nSPS) is 12.5. The monoisotopic (exact) mass is 373 g/mol. The van der Waals surface area contributed by atoms with E-state index in [1.54, 1.807) is 7.11 Å². The van der Waals surface area contributed by atoms with Gasteiger partial charge in [0.15, 0.2) is 6.79 Å². The van der Waals surface area contributed by atoms with Gasteiger partial charge in [-0.15, -0.1) is 11.6 Å². The number of rotatable bonds is 10. The highest BCUT2D eigenvalue weighted by atomic mass is 35.5. The Kier molecular flexibility index (Phi) is 9.63. The second-order valence-electron chi connectivity index (χ2n) is 6.51. The maximum absolute atomic E-state index is 11.8. The fourth-order valence-electron chi connectivity index (χ4n) is 1.94. The number of carbonyl (C=O) groups is 1. The Morgan fingerprint density at radius 1 is 1.20 bits per heavy atom. The van der Waals surface area contributed by atoms with E-state index in [0.29, 0.717) is 31.3 Å². The first kappa shape index (κ1) is 21.5. The largest absolute Gasteiger partial charge is 0.468 e. The average molecular weight is 374 g/mol. The molecule has 0 bridgehead atoms. The molecule has 0 fully saturated rings. The van der Waals surface area contributed by atoms with Gasteiger partial charge in [0, 0.05) is 19.0 Å². The molecule has 0 saturated carbocycles. The summed E-state index contributed by atoms with van der Waals surface area (Å²) in [4.78, 5) is 11.8. The van der Waals surface area contributed by atoms with Crippen molar-refractivity contribution < 1.29 is 23.7 Å². The first-order valence-corrected chi connectivity index (χ1v) is 8.71. The third kappa shape index (κ3) is 10.2. The van der Waals surface area contributed by atoms with E-state index in [1.165, 1.54) is 0 Å². The molecule has 7 heteroatoms. The van der Waals surface area contributed by atoms with E-state index >= 15 is 0 Å². The van der Waals surface area contributed by atoms with E-state index in [0.717, 1.165) is 5.56 Å². The van der Waals surface area contributed by atoms with Crippen LogP contribution < -0.4 is 10.1 Å². The van der Waals surface area contributed by atoms with Crippen molar-refractivity contribution in [2.45, 2.75) is 38.8 Å². The molecule has 1 aromatic rings. The van der Waals surface area contributed by atoms with Gasteiger partial charge >= 0.3 is 6.09 Å². The van der Waals surface area contributed by atoms with Crippen LogP contribution in [0.25, 0.3) is 0 Å². The smallest absolute Gasteiger partial charge is 0.407 e. The molecule has 0 saturated heterocycles. The summed E-state index contributed by atoms with van der Waals surface area (Å²) in [6.07, 6.45) is 0.138. The van der Waals surface area contributed by atoms with Crippen molar-refractivity contribution in [1.29, 1.82) is 0 Å². The van der Waals surface area contributed by atoms with Crippen LogP contribution in [0.5, 0.6) is 5.75 Å². The fourth-order valence-corrected chi connectivity index (χ4v) is 2.12. The Balaban J connectivity index is 2.42. The number of halogens is 1. The minimum atomic E-state index is -0.536. The summed E-state index contributed by atoms with van der Waals surface area (Å²) in [5.74, 6) is 1.01. The number of hydrogen-bond acceptors (Lipinski definition) is 5. The predicted octanol–water partition coefficient (Wildman–Crippen LogP) is 3.36. The van der Waals surface area contributed by atoms with Crippen LogP contribution in [0.1, 0.15) is 26.3 Å². The lowest BCUT2D eigenvalue weighted by molar-refractivity contribution is -0.00848. The summed E-state index contributed by atoms with van der Waals surface area (Å²) in [6.45, 7) is 6.66. The molecule has 0 aliphatic carbocycles. The third-order valence-electron chi connectivity index (χ3n) is 3.05. The van der Waals surface area contributed by atoms with E-state index in [-0.39, 0.29) is 12.8 Å². The molecule has 1 rings (SSSR count). The van der Waals surface area contributed by atoms with Crippen molar-refractivity contribution in [1.82, 2.24) is 5.32 Å². The molecule has 1 amide bonds. The Morgan fingerprint density at radius 3 is 2.44 bits per heavy atom. The molecule has 0 aromatic heterocycles. The second-order valence-corrected chi connectivity index (χ2v) is 6.82. The van der Waals surface area contributed by atoms with Crippen LogP contribution in [-0.4, -0.2) is 50.7 Å². The van der Waals surface area contributed by atoms with Crippen LogP contribution >= 0.6 is 11.6 Å². The quantitative estimate of drug-likeness (QED) is 0.387. The molecular formula is C18H28ClNO5. The number of hydrogen-bond donors (Lipinski definition) is 1. The zero-order chi connectivity index (χ0) is 18.7. The Bertz CT molecular complexity index is 501. The highest BCUT2D eigenvalue weighted by Crippen LogP contribution is 2.14. The predicted molar refractivity (Wildman–Crippen MR) is 97.3 cm³/mol. The number of amides is 1. The molecule has 0 spiro atoms. The third-order valence-corrected chi connectivity index (χ3v) is 3.43. The average Bonchev–Trinajstić information content (AvgIpc) is 2.53. The van der Waals surface area contributed by atoms with Crippen LogP contribution in [-0.2, 0) is 20.6 Å². The highest BCUT2D eigenvalue weighted by molar-refractivity contribution is 6.18. The van der Waals surface area contributed by atoms with Crippen molar-refractivity contribution in [2.24, 2.45) is 0 Å². The zero-order valence-corrected chi connectivity index (χ0v) is 16.1. The Morgan fingerprint density at radius 2 is 1.88 bits per heavy atom. The zero-order valence-electron chi connectivity index (χ0n) is 15.3. The lowest BCUT2D eigenvalue weighted by Crippen LogP contribution is -2.41. The van der Waals surface area contributed by atoms with Gasteiger partial charge in [-0.3, -0.25) is 0 Å². The standard InChI is InChI=1S/C18H28ClNO5/c1-18(2,3)25-17(21)20-15(12-19)11-14-5-7-16(8-6-14)24-13-23-10-9-22-4/h5-8,15H,9-13H2,1-4H3,(H,20,21). The van der Waals surface area contributed by atoms with Gasteiger partial charge in [0.2, 0.25) is 0 Å². The topological polar surface area (TPSA) is 66.0 Å². The molecule has 1 atom stereocenters. The molecule has 6 nitrogen and oxygen atoms in total. The van der Waals surface area contributed by atoms with Crippen molar-refractivity contribution in [3.8, 4) is 5.75 Å². The number of nitrogens with one attached hydrogen (secondary N) is 1. The molecule has 1 aromatic carbocycles. The summed E-state index contributed by atoms with van der Waals surface area (Å²) in [5.41, 5.74) is 0.500. The SMILES string of the molecule is COCCOCOc1ccc(CC(CCl)NC(=O)OC(C)(C)C)cc1. The van der Waals surface area contributed by atoms with E-state index in [2.05, 4.69) is 5.32 Å². The van der Waals surface area contributed by atoms with E-state index < -0.39 is 11.7 Å². The number of benzene rings is 1. The molecule has 0 heterocycles. The van der Waals surface area contributed by atoms with Crippen molar-refractivity contribution >= 4 is 17.7 Å². The second kappa shape index (κ2) is 11.2. The minimum absolute atomic E-state index is 0.174. The van der Waals surface area contributed by atoms with Crippen LogP contribution in [0.2, 0.25) is 0 Å². The summed E-state index contributed by atoms with van der Waals surface area (Å²) in [7, 11) is 1.62. The number of alkyl halides is 1. The first-order chi connectivity index (χ1) is 11.8. The first-order valence-electron chi connectivity index (χ1n) is 8.18. The maximum Gasteiger partial charge on any atom is 0.407 e. The number of carbonyl (C=O) groups excluding carboxylic acids is 1. The van der Waals surface area contributed by atoms with Gasteiger partial charge in [-0.1, -0.05) is 12.1 Å². The van der Waals surface area contributed by atoms with Gasteiger partial charge in [0.25, 0.3) is 0 Å². The molecule has 25 heavy (non-hydrogen) atoms. The maximum atomic E-state index is 11.8. The Hall–Kier alpha value is -1.50. The molecule has 0 aliphatic rings. The molecule has 1 N–H and O–H groups in total. The molecular weight excluding hydrogens is 346 g/mol. The molecule has 142 valence electrons. The van der Waals surface area contributed by atoms with Crippen LogP contribution in [0.4, 0.5) is 4.79 Å². The van der Waals surface area contributed by atoms with Crippen LogP contribution in [0.15, 0.2) is 24.3 Å². The molecule has 0 aliphatic heterocycles. The van der Waals surface area contributed by atoms with Gasteiger partial charge in [-0.2, -0.15) is 0 Å². The number of ether oxygens (including phenoxy) is 4. The van der Waals surface area contributed by atoms with E-state index in [1.807, 2.05) is 45.0 Å². The lowest BCUT2D eigenvalue weighted by atomic mass is 10.1. The van der Waals surface area contributed by atoms with Gasteiger partial charge in [-0.25, -0.2) is 4.79 Å². The minimum Gasteiger partial charge on any atom is -0.468 e. The number of alkyl carbamates (subject to hydrolysis) is 1. The van der Waals surface area contributed by atoms with E-state index in [4.69, 9.17) is 30.5 Å². The van der Waals surface area contributed by atoms with Crippen molar-refractivity contribution in [2.75, 3.05) is 33.0 Å². The van der Waals surface area contributed by atoms with Crippen LogP contribution in [0, 0.1) is 0 Å². The summed E-state index contributed by atoms with van der Waals surface area (Å²) < 4.78 is 20.8. The van der Waals surface area contributed by atoms with Gasteiger partial charge < -0.3 is 24.3 Å². The molecule has 0 radical (unpaired) electrons. The van der Waals surface area contributed by atoms with Crippen molar-refractivity contribution in [3.05, 3.63) is 29.8 Å². The molecule has 1 unspecified atom stereocenters. The summed E-state index contributed by atoms with van der Waals surface area (Å²) >= 11 is 5.95. The lowest BCUT2D eigenvalue weighted by Gasteiger charge is -2.22. The van der Waals surface area contributed by atoms with Gasteiger partial charge in [0.05, 0.1) is 13.2 Å². The Labute approximate surface area is 154 Å². The van der Waals surface area contributed by atoms with Gasteiger partial charge in [-0.05, 0) is 44.9 Å². The van der Waals surface area contributed by atoms with E-state index in [9.17, 15) is 4.79 Å². The number of methoxy groups -OCH3 is 1. The fraction of sp³-hybridized carbons (Fsp3) is 0.611. The van der Waals surface area contributed by atoms with Crippen molar-refractivity contribution in [3.63, 3.8) is 0 Å². The summed E-state index contributed by atoms with van der Waals surface area (Å²) in [6, 6.07) is 7.36.